The summed E-state index contributed by atoms with van der Waals surface area (Å²) in [6, 6.07) is 1.62. The molecule has 2 aromatic heterocycles. The van der Waals surface area contributed by atoms with E-state index in [9.17, 15) is 5.11 Å². The highest BCUT2D eigenvalue weighted by molar-refractivity contribution is 7.13. The molecule has 84 valence electrons. The quantitative estimate of drug-likeness (QED) is 0.911. The van der Waals surface area contributed by atoms with Crippen molar-refractivity contribution >= 4 is 34.5 Å². The van der Waals surface area contributed by atoms with Crippen LogP contribution in [0.4, 0.5) is 0 Å². The van der Waals surface area contributed by atoms with Crippen LogP contribution in [-0.2, 0) is 0 Å². The summed E-state index contributed by atoms with van der Waals surface area (Å²) in [5.74, 6) is 0. The topological polar surface area (TPSA) is 46.0 Å². The van der Waals surface area contributed by atoms with Crippen LogP contribution in [0.5, 0.6) is 0 Å². The fourth-order valence-electron chi connectivity index (χ4n) is 1.16. The van der Waals surface area contributed by atoms with Crippen molar-refractivity contribution < 1.29 is 5.11 Å². The maximum atomic E-state index is 9.37. The summed E-state index contributed by atoms with van der Waals surface area (Å²) in [5, 5.41) is 12.8. The van der Waals surface area contributed by atoms with Gasteiger partial charge in [0.25, 0.3) is 0 Å². The molecule has 3 nitrogen and oxygen atoms in total. The molecule has 16 heavy (non-hydrogen) atoms. The van der Waals surface area contributed by atoms with E-state index < -0.39 is 6.10 Å². The van der Waals surface area contributed by atoms with Gasteiger partial charge in [0.2, 0.25) is 0 Å². The van der Waals surface area contributed by atoms with Gasteiger partial charge in [0.1, 0.15) is 10.7 Å². The van der Waals surface area contributed by atoms with Gasteiger partial charge in [-0.05, 0) is 13.0 Å². The van der Waals surface area contributed by atoms with E-state index in [1.54, 1.807) is 18.4 Å². The molecule has 2 rings (SSSR count). The van der Waals surface area contributed by atoms with Crippen LogP contribution in [0.1, 0.15) is 18.7 Å². The summed E-state index contributed by atoms with van der Waals surface area (Å²) in [6.45, 7) is 1.66. The van der Waals surface area contributed by atoms with Gasteiger partial charge in [0, 0.05) is 11.6 Å². The van der Waals surface area contributed by atoms with Crippen LogP contribution in [-0.4, -0.2) is 15.1 Å². The van der Waals surface area contributed by atoms with Crippen molar-refractivity contribution in [3.63, 3.8) is 0 Å². The van der Waals surface area contributed by atoms with Crippen molar-refractivity contribution in [2.75, 3.05) is 0 Å². The molecule has 0 saturated carbocycles. The number of aliphatic hydroxyl groups is 1. The molecule has 1 unspecified atom stereocenters. The van der Waals surface area contributed by atoms with Gasteiger partial charge >= 0.3 is 0 Å². The Labute approximate surface area is 107 Å². The Balaban J connectivity index is 2.42. The molecule has 0 aliphatic heterocycles. The van der Waals surface area contributed by atoms with Crippen molar-refractivity contribution in [2.45, 2.75) is 13.0 Å². The third kappa shape index (κ3) is 2.35. The Hall–Kier alpha value is -0.680. The molecule has 0 fully saturated rings. The fourth-order valence-corrected chi connectivity index (χ4v) is 2.60. The maximum absolute atomic E-state index is 9.37. The number of nitrogens with zero attached hydrogens (tertiary/aromatic N) is 2. The van der Waals surface area contributed by atoms with Gasteiger partial charge in [0.15, 0.2) is 0 Å². The lowest BCUT2D eigenvalue weighted by molar-refractivity contribution is 0.195. The summed E-state index contributed by atoms with van der Waals surface area (Å²) in [5.41, 5.74) is 1.20. The lowest BCUT2D eigenvalue weighted by Gasteiger charge is -2.00. The third-order valence-corrected chi connectivity index (χ3v) is 3.32. The van der Waals surface area contributed by atoms with E-state index in [-0.39, 0.29) is 0 Å². The van der Waals surface area contributed by atoms with Gasteiger partial charge in [-0.15, -0.1) is 11.3 Å². The zero-order valence-electron chi connectivity index (χ0n) is 8.32. The van der Waals surface area contributed by atoms with E-state index >= 15 is 0 Å². The molecular formula is C10H8Cl2N2OS. The van der Waals surface area contributed by atoms with Gasteiger partial charge in [-0.2, -0.15) is 0 Å². The van der Waals surface area contributed by atoms with E-state index in [1.807, 2.05) is 0 Å². The zero-order chi connectivity index (χ0) is 11.7. The second-order valence-corrected chi connectivity index (χ2v) is 4.94. The minimum atomic E-state index is -0.587. The summed E-state index contributed by atoms with van der Waals surface area (Å²) in [6.07, 6.45) is 0.933. The summed E-state index contributed by atoms with van der Waals surface area (Å²) in [7, 11) is 0. The Kier molecular flexibility index (Phi) is 3.44. The monoisotopic (exact) mass is 274 g/mol. The first-order valence-corrected chi connectivity index (χ1v) is 6.16. The smallest absolute Gasteiger partial charge is 0.143 e. The Morgan fingerprint density at radius 3 is 2.75 bits per heavy atom. The Morgan fingerprint density at radius 1 is 1.44 bits per heavy atom. The summed E-state index contributed by atoms with van der Waals surface area (Å²) in [4.78, 5) is 8.37. The molecule has 1 atom stereocenters. The van der Waals surface area contributed by atoms with Crippen molar-refractivity contribution in [1.82, 2.24) is 9.97 Å². The molecule has 0 bridgehead atoms. The van der Waals surface area contributed by atoms with Crippen molar-refractivity contribution in [3.05, 3.63) is 33.4 Å². The average molecular weight is 275 g/mol. The van der Waals surface area contributed by atoms with Crippen LogP contribution in [0.15, 0.2) is 17.6 Å². The predicted molar refractivity (Wildman–Crippen MR) is 66.0 cm³/mol. The van der Waals surface area contributed by atoms with Crippen LogP contribution < -0.4 is 0 Å². The summed E-state index contributed by atoms with van der Waals surface area (Å²) >= 11 is 13.2. The highest BCUT2D eigenvalue weighted by atomic mass is 35.5. The zero-order valence-corrected chi connectivity index (χ0v) is 10.6. The third-order valence-electron chi connectivity index (χ3n) is 1.96. The largest absolute Gasteiger partial charge is 0.387 e. The first-order chi connectivity index (χ1) is 7.58. The van der Waals surface area contributed by atoms with Crippen LogP contribution in [0.2, 0.25) is 10.0 Å². The first-order valence-electron chi connectivity index (χ1n) is 4.53. The van der Waals surface area contributed by atoms with Gasteiger partial charge in [0.05, 0.1) is 21.8 Å². The average Bonchev–Trinajstić information content (AvgIpc) is 2.66. The maximum Gasteiger partial charge on any atom is 0.143 e. The van der Waals surface area contributed by atoms with Gasteiger partial charge in [-0.25, -0.2) is 4.98 Å². The number of aliphatic hydroxyl groups excluding tert-OH is 1. The molecule has 0 aromatic carbocycles. The number of thiazole rings is 1. The Morgan fingerprint density at radius 2 is 2.19 bits per heavy atom. The first kappa shape index (κ1) is 11.8. The van der Waals surface area contributed by atoms with Crippen LogP contribution in [0, 0.1) is 0 Å². The van der Waals surface area contributed by atoms with Crippen LogP contribution in [0.25, 0.3) is 10.7 Å². The number of pyridine rings is 1. The highest BCUT2D eigenvalue weighted by Gasteiger charge is 2.12. The van der Waals surface area contributed by atoms with E-state index in [0.717, 1.165) is 0 Å². The standard InChI is InChI=1S/C10H8Cl2N2OS/c1-5(15)8-4-16-10(14-8)9-7(12)2-6(11)3-13-9/h2-5,15H,1H3. The van der Waals surface area contributed by atoms with Gasteiger partial charge in [-0.1, -0.05) is 23.2 Å². The second kappa shape index (κ2) is 4.67. The second-order valence-electron chi connectivity index (χ2n) is 3.24. The van der Waals surface area contributed by atoms with Gasteiger partial charge < -0.3 is 5.11 Å². The molecule has 0 spiro atoms. The molecule has 0 aliphatic carbocycles. The van der Waals surface area contributed by atoms with E-state index in [2.05, 4.69) is 9.97 Å². The van der Waals surface area contributed by atoms with Crippen molar-refractivity contribution in [2.24, 2.45) is 0 Å². The van der Waals surface area contributed by atoms with Gasteiger partial charge in [-0.3, -0.25) is 4.98 Å². The number of aromatic nitrogens is 2. The van der Waals surface area contributed by atoms with E-state index in [1.165, 1.54) is 17.5 Å². The van der Waals surface area contributed by atoms with E-state index in [4.69, 9.17) is 23.2 Å². The highest BCUT2D eigenvalue weighted by Crippen LogP contribution is 2.31. The molecule has 0 radical (unpaired) electrons. The van der Waals surface area contributed by atoms with Crippen LogP contribution >= 0.6 is 34.5 Å². The number of hydrogen-bond donors (Lipinski definition) is 1. The molecular weight excluding hydrogens is 267 g/mol. The molecule has 2 aromatic rings. The van der Waals surface area contributed by atoms with Crippen molar-refractivity contribution in [3.8, 4) is 10.7 Å². The van der Waals surface area contributed by atoms with E-state index in [0.29, 0.717) is 26.4 Å². The molecule has 2 heterocycles. The predicted octanol–water partition coefficient (Wildman–Crippen LogP) is 3.57. The molecule has 0 aliphatic rings. The Bertz CT molecular complexity index is 513. The fraction of sp³-hybridized carbons (Fsp3) is 0.200. The summed E-state index contributed by atoms with van der Waals surface area (Å²) < 4.78 is 0. The van der Waals surface area contributed by atoms with Crippen LogP contribution in [0.3, 0.4) is 0 Å². The normalized spacial score (nSPS) is 12.8. The molecule has 0 saturated heterocycles. The minimum absolute atomic E-state index is 0.457. The molecule has 6 heteroatoms. The lowest BCUT2D eigenvalue weighted by atomic mass is 10.3. The lowest BCUT2D eigenvalue weighted by Crippen LogP contribution is -1.91. The molecule has 1 N–H and O–H groups in total. The minimum Gasteiger partial charge on any atom is -0.387 e. The van der Waals surface area contributed by atoms with Crippen molar-refractivity contribution in [1.29, 1.82) is 0 Å². The molecule has 0 amide bonds. The number of hydrogen-bond acceptors (Lipinski definition) is 4. The number of halogens is 2. The number of rotatable bonds is 2. The SMILES string of the molecule is CC(O)c1csc(-c2ncc(Cl)cc2Cl)n1.